The summed E-state index contributed by atoms with van der Waals surface area (Å²) < 4.78 is 0. The number of carbonyl (C=O) groups is 1. The van der Waals surface area contributed by atoms with Gasteiger partial charge in [-0.25, -0.2) is 0 Å². The van der Waals surface area contributed by atoms with E-state index >= 15 is 0 Å². The van der Waals surface area contributed by atoms with Gasteiger partial charge in [-0.05, 0) is 57.4 Å². The lowest BCUT2D eigenvalue weighted by molar-refractivity contribution is 0.0613. The highest BCUT2D eigenvalue weighted by Crippen LogP contribution is 2.43. The predicted octanol–water partition coefficient (Wildman–Crippen LogP) is 3.18. The first-order valence-electron chi connectivity index (χ1n) is 6.78. The van der Waals surface area contributed by atoms with Crippen LogP contribution in [0.1, 0.15) is 46.3 Å². The Bertz CT molecular complexity index is 472. The maximum absolute atomic E-state index is 12.8. The van der Waals surface area contributed by atoms with Crippen LogP contribution in [-0.4, -0.2) is 19.4 Å². The standard InChI is InChI=1S/C16H23NO/c1-11-6-7-14(13(3)12(11)2)15(18)16(10-17-4)8-5-9-16/h6-7,17H,5,8-10H2,1-4H3. The maximum atomic E-state index is 12.8. The van der Waals surface area contributed by atoms with Crippen molar-refractivity contribution in [2.24, 2.45) is 5.41 Å². The molecule has 1 aromatic rings. The largest absolute Gasteiger partial charge is 0.319 e. The van der Waals surface area contributed by atoms with Gasteiger partial charge < -0.3 is 5.32 Å². The van der Waals surface area contributed by atoms with Gasteiger partial charge in [0.25, 0.3) is 0 Å². The molecule has 0 radical (unpaired) electrons. The quantitative estimate of drug-likeness (QED) is 0.825. The minimum absolute atomic E-state index is 0.138. The van der Waals surface area contributed by atoms with E-state index in [2.05, 4.69) is 32.2 Å². The van der Waals surface area contributed by atoms with Crippen molar-refractivity contribution in [3.8, 4) is 0 Å². The van der Waals surface area contributed by atoms with Crippen LogP contribution in [-0.2, 0) is 0 Å². The fourth-order valence-corrected chi connectivity index (χ4v) is 2.91. The number of Topliss-reactive ketones (excluding diaryl/α,β-unsaturated/α-hetero) is 1. The highest BCUT2D eigenvalue weighted by atomic mass is 16.1. The van der Waals surface area contributed by atoms with Crippen LogP contribution >= 0.6 is 0 Å². The van der Waals surface area contributed by atoms with Gasteiger partial charge in [-0.2, -0.15) is 0 Å². The van der Waals surface area contributed by atoms with E-state index in [4.69, 9.17) is 0 Å². The third kappa shape index (κ3) is 1.99. The van der Waals surface area contributed by atoms with E-state index in [1.165, 1.54) is 17.5 Å². The Morgan fingerprint density at radius 2 is 1.89 bits per heavy atom. The second-order valence-corrected chi connectivity index (χ2v) is 5.67. The molecule has 18 heavy (non-hydrogen) atoms. The van der Waals surface area contributed by atoms with E-state index in [1.54, 1.807) is 0 Å². The molecule has 2 rings (SSSR count). The van der Waals surface area contributed by atoms with Gasteiger partial charge >= 0.3 is 0 Å². The first-order chi connectivity index (χ1) is 8.52. The van der Waals surface area contributed by atoms with Gasteiger partial charge in [-0.15, -0.1) is 0 Å². The van der Waals surface area contributed by atoms with E-state index < -0.39 is 0 Å². The van der Waals surface area contributed by atoms with Crippen LogP contribution in [0, 0.1) is 26.2 Å². The number of aryl methyl sites for hydroxylation is 1. The Balaban J connectivity index is 2.37. The summed E-state index contributed by atoms with van der Waals surface area (Å²) >= 11 is 0. The number of carbonyl (C=O) groups excluding carboxylic acids is 1. The van der Waals surface area contributed by atoms with Crippen molar-refractivity contribution in [1.82, 2.24) is 5.32 Å². The van der Waals surface area contributed by atoms with Gasteiger partial charge in [0.2, 0.25) is 0 Å². The summed E-state index contributed by atoms with van der Waals surface area (Å²) in [5.41, 5.74) is 4.46. The summed E-state index contributed by atoms with van der Waals surface area (Å²) in [6, 6.07) is 4.08. The Morgan fingerprint density at radius 3 is 2.39 bits per heavy atom. The molecule has 1 aliphatic carbocycles. The zero-order valence-electron chi connectivity index (χ0n) is 11.9. The van der Waals surface area contributed by atoms with Crippen molar-refractivity contribution in [3.63, 3.8) is 0 Å². The Labute approximate surface area is 110 Å². The molecule has 1 N–H and O–H groups in total. The molecule has 0 spiro atoms. The zero-order chi connectivity index (χ0) is 13.3. The molecule has 0 aliphatic heterocycles. The Hall–Kier alpha value is -1.15. The number of rotatable bonds is 4. The molecule has 0 heterocycles. The van der Waals surface area contributed by atoms with Gasteiger partial charge in [0.15, 0.2) is 5.78 Å². The fraction of sp³-hybridized carbons (Fsp3) is 0.562. The minimum atomic E-state index is -0.138. The molecule has 0 atom stereocenters. The molecular weight excluding hydrogens is 222 g/mol. The lowest BCUT2D eigenvalue weighted by Gasteiger charge is -2.40. The molecule has 0 unspecified atom stereocenters. The smallest absolute Gasteiger partial charge is 0.170 e. The maximum Gasteiger partial charge on any atom is 0.170 e. The molecule has 98 valence electrons. The molecule has 1 aliphatic rings. The summed E-state index contributed by atoms with van der Waals surface area (Å²) in [5, 5.41) is 3.19. The number of ketones is 1. The first kappa shape index (κ1) is 13.3. The van der Waals surface area contributed by atoms with Gasteiger partial charge in [0.1, 0.15) is 0 Å². The van der Waals surface area contributed by atoms with Crippen LogP contribution < -0.4 is 5.32 Å². The molecule has 1 saturated carbocycles. The lowest BCUT2D eigenvalue weighted by Crippen LogP contribution is -2.45. The van der Waals surface area contributed by atoms with Gasteiger partial charge in [-0.3, -0.25) is 4.79 Å². The van der Waals surface area contributed by atoms with Crippen LogP contribution in [0.4, 0.5) is 0 Å². The summed E-state index contributed by atoms with van der Waals surface area (Å²) in [6.45, 7) is 7.08. The van der Waals surface area contributed by atoms with Gasteiger partial charge in [0.05, 0.1) is 0 Å². The molecule has 0 aromatic heterocycles. The molecule has 2 heteroatoms. The molecule has 0 bridgehead atoms. The third-order valence-electron chi connectivity index (χ3n) is 4.61. The van der Waals surface area contributed by atoms with Crippen LogP contribution in [0.25, 0.3) is 0 Å². The summed E-state index contributed by atoms with van der Waals surface area (Å²) in [4.78, 5) is 12.8. The van der Waals surface area contributed by atoms with E-state index in [9.17, 15) is 4.79 Å². The van der Waals surface area contributed by atoms with E-state index in [1.807, 2.05) is 13.1 Å². The van der Waals surface area contributed by atoms with Crippen molar-refractivity contribution in [3.05, 3.63) is 34.4 Å². The number of nitrogens with one attached hydrogen (secondary N) is 1. The van der Waals surface area contributed by atoms with Crippen molar-refractivity contribution >= 4 is 5.78 Å². The summed E-state index contributed by atoms with van der Waals surface area (Å²) in [5.74, 6) is 0.337. The minimum Gasteiger partial charge on any atom is -0.319 e. The van der Waals surface area contributed by atoms with Crippen molar-refractivity contribution in [1.29, 1.82) is 0 Å². The molecule has 0 saturated heterocycles. The second-order valence-electron chi connectivity index (χ2n) is 5.67. The third-order valence-corrected chi connectivity index (χ3v) is 4.61. The van der Waals surface area contributed by atoms with Crippen LogP contribution in [0.2, 0.25) is 0 Å². The molecule has 1 aromatic carbocycles. The SMILES string of the molecule is CNCC1(C(=O)c2ccc(C)c(C)c2C)CCC1. The lowest BCUT2D eigenvalue weighted by atomic mass is 9.64. The predicted molar refractivity (Wildman–Crippen MR) is 75.2 cm³/mol. The zero-order valence-corrected chi connectivity index (χ0v) is 11.9. The number of hydrogen-bond donors (Lipinski definition) is 1. The van der Waals surface area contributed by atoms with E-state index in [-0.39, 0.29) is 5.41 Å². The highest BCUT2D eigenvalue weighted by Gasteiger charge is 2.44. The Morgan fingerprint density at radius 1 is 1.22 bits per heavy atom. The monoisotopic (exact) mass is 245 g/mol. The van der Waals surface area contributed by atoms with Crippen molar-refractivity contribution in [2.45, 2.75) is 40.0 Å². The molecule has 0 amide bonds. The molecular formula is C16H23NO. The number of benzene rings is 1. The van der Waals surface area contributed by atoms with Crippen LogP contribution in [0.5, 0.6) is 0 Å². The topological polar surface area (TPSA) is 29.1 Å². The number of hydrogen-bond acceptors (Lipinski definition) is 2. The fourth-order valence-electron chi connectivity index (χ4n) is 2.91. The first-order valence-corrected chi connectivity index (χ1v) is 6.78. The van der Waals surface area contributed by atoms with Gasteiger partial charge in [-0.1, -0.05) is 18.6 Å². The molecule has 2 nitrogen and oxygen atoms in total. The molecule has 1 fully saturated rings. The van der Waals surface area contributed by atoms with E-state index in [0.29, 0.717) is 5.78 Å². The van der Waals surface area contributed by atoms with E-state index in [0.717, 1.165) is 30.5 Å². The summed E-state index contributed by atoms with van der Waals surface area (Å²) in [6.07, 6.45) is 3.23. The van der Waals surface area contributed by atoms with Gasteiger partial charge in [0, 0.05) is 17.5 Å². The highest BCUT2D eigenvalue weighted by molar-refractivity contribution is 6.02. The van der Waals surface area contributed by atoms with Crippen LogP contribution in [0.15, 0.2) is 12.1 Å². The Kier molecular flexibility index (Phi) is 3.58. The van der Waals surface area contributed by atoms with Crippen LogP contribution in [0.3, 0.4) is 0 Å². The average Bonchev–Trinajstić information content (AvgIpc) is 2.30. The second kappa shape index (κ2) is 4.85. The summed E-state index contributed by atoms with van der Waals surface area (Å²) in [7, 11) is 1.93. The normalized spacial score (nSPS) is 17.3. The average molecular weight is 245 g/mol. The van der Waals surface area contributed by atoms with Crippen molar-refractivity contribution < 1.29 is 4.79 Å². The van der Waals surface area contributed by atoms with Crippen molar-refractivity contribution in [2.75, 3.05) is 13.6 Å².